The van der Waals surface area contributed by atoms with Gasteiger partial charge < -0.3 is 10.3 Å². The molecule has 0 amide bonds. The molecule has 2 aromatic heterocycles. The first-order valence-corrected chi connectivity index (χ1v) is 7.77. The van der Waals surface area contributed by atoms with Crippen molar-refractivity contribution in [1.29, 1.82) is 0 Å². The van der Waals surface area contributed by atoms with Gasteiger partial charge >= 0.3 is 0 Å². The molecule has 2 aromatic rings. The summed E-state index contributed by atoms with van der Waals surface area (Å²) >= 11 is 3.80. The summed E-state index contributed by atoms with van der Waals surface area (Å²) in [5, 5.41) is 8.44. The third kappa shape index (κ3) is 2.10. The third-order valence-electron chi connectivity index (χ3n) is 2.76. The summed E-state index contributed by atoms with van der Waals surface area (Å²) < 4.78 is 6.87. The molecule has 1 fully saturated rings. The molecule has 0 bridgehead atoms. The van der Waals surface area contributed by atoms with Crippen LogP contribution < -0.4 is 5.73 Å². The number of rotatable bonds is 2. The minimum absolute atomic E-state index is 0.319. The molecule has 1 saturated heterocycles. The zero-order chi connectivity index (χ0) is 12.5. The van der Waals surface area contributed by atoms with Crippen LogP contribution in [0.4, 0.5) is 5.82 Å². The van der Waals surface area contributed by atoms with Crippen molar-refractivity contribution in [2.75, 3.05) is 23.0 Å². The van der Waals surface area contributed by atoms with Crippen LogP contribution in [-0.2, 0) is 7.05 Å². The maximum absolute atomic E-state index is 5.89. The second-order valence-electron chi connectivity index (χ2n) is 3.96. The van der Waals surface area contributed by atoms with Crippen LogP contribution in [0.3, 0.4) is 0 Å². The Kier molecular flexibility index (Phi) is 3.21. The van der Waals surface area contributed by atoms with E-state index in [9.17, 15) is 0 Å². The van der Waals surface area contributed by atoms with E-state index in [0.29, 0.717) is 22.5 Å². The van der Waals surface area contributed by atoms with Crippen LogP contribution in [0.5, 0.6) is 0 Å². The van der Waals surface area contributed by atoms with Gasteiger partial charge in [0.15, 0.2) is 5.82 Å². The van der Waals surface area contributed by atoms with E-state index in [4.69, 9.17) is 10.3 Å². The molecule has 3 rings (SSSR count). The van der Waals surface area contributed by atoms with Gasteiger partial charge in [0, 0.05) is 24.3 Å². The van der Waals surface area contributed by atoms with E-state index in [0.717, 1.165) is 17.3 Å². The monoisotopic (exact) mass is 283 g/mol. The molecular weight excluding hydrogens is 270 g/mol. The summed E-state index contributed by atoms with van der Waals surface area (Å²) in [7, 11) is 1.78. The minimum atomic E-state index is 0.319. The van der Waals surface area contributed by atoms with Gasteiger partial charge in [-0.3, -0.25) is 4.68 Å². The number of nitrogens with zero attached hydrogens (tertiary/aromatic N) is 4. The standard InChI is InChI=1S/C10H13N5OS2/c1-15-8(11)6(4-12-15)10-13-9(14-16-10)7-5-17-2-3-18-7/h4,7H,2-3,5,11H2,1H3. The molecule has 1 atom stereocenters. The van der Waals surface area contributed by atoms with E-state index >= 15 is 0 Å². The molecule has 0 saturated carbocycles. The molecule has 96 valence electrons. The van der Waals surface area contributed by atoms with Crippen LogP contribution in [0, 0.1) is 0 Å². The largest absolute Gasteiger partial charge is 0.383 e. The lowest BCUT2D eigenvalue weighted by Gasteiger charge is -2.16. The highest BCUT2D eigenvalue weighted by atomic mass is 32.2. The average molecular weight is 283 g/mol. The van der Waals surface area contributed by atoms with E-state index in [1.54, 1.807) is 17.9 Å². The van der Waals surface area contributed by atoms with Crippen molar-refractivity contribution < 1.29 is 4.52 Å². The van der Waals surface area contributed by atoms with Crippen molar-refractivity contribution in [3.05, 3.63) is 12.0 Å². The average Bonchev–Trinajstić information content (AvgIpc) is 3.00. The summed E-state index contributed by atoms with van der Waals surface area (Å²) in [6.45, 7) is 0. The number of thioether (sulfide) groups is 2. The lowest BCUT2D eigenvalue weighted by Crippen LogP contribution is -2.07. The molecule has 0 spiro atoms. The van der Waals surface area contributed by atoms with E-state index < -0.39 is 0 Å². The Balaban J connectivity index is 1.87. The zero-order valence-electron chi connectivity index (χ0n) is 9.87. The number of aromatic nitrogens is 4. The van der Waals surface area contributed by atoms with Gasteiger partial charge in [-0.1, -0.05) is 5.16 Å². The number of hydrogen-bond acceptors (Lipinski definition) is 7. The molecule has 8 heteroatoms. The van der Waals surface area contributed by atoms with Gasteiger partial charge in [-0.25, -0.2) is 0 Å². The fourth-order valence-corrected chi connectivity index (χ4v) is 4.31. The number of aryl methyl sites for hydroxylation is 1. The highest BCUT2D eigenvalue weighted by Crippen LogP contribution is 2.36. The van der Waals surface area contributed by atoms with E-state index in [-0.39, 0.29) is 0 Å². The number of hydrogen-bond donors (Lipinski definition) is 1. The maximum atomic E-state index is 5.89. The topological polar surface area (TPSA) is 82.8 Å². The van der Waals surface area contributed by atoms with E-state index in [2.05, 4.69) is 15.2 Å². The van der Waals surface area contributed by atoms with Crippen molar-refractivity contribution in [1.82, 2.24) is 19.9 Å². The highest BCUT2D eigenvalue weighted by Gasteiger charge is 2.23. The third-order valence-corrected chi connectivity index (χ3v) is 5.51. The molecular formula is C10H13N5OS2. The van der Waals surface area contributed by atoms with Crippen LogP contribution in [0.1, 0.15) is 11.1 Å². The SMILES string of the molecule is Cn1ncc(-c2nc(C3CSCCS3)no2)c1N. The molecule has 0 radical (unpaired) electrons. The quantitative estimate of drug-likeness (QED) is 0.895. The minimum Gasteiger partial charge on any atom is -0.383 e. The van der Waals surface area contributed by atoms with Gasteiger partial charge in [-0.2, -0.15) is 21.8 Å². The molecule has 6 nitrogen and oxygen atoms in total. The first-order valence-electron chi connectivity index (χ1n) is 5.56. The molecule has 1 unspecified atom stereocenters. The second-order valence-corrected chi connectivity index (χ2v) is 6.42. The van der Waals surface area contributed by atoms with Gasteiger partial charge in [0.2, 0.25) is 0 Å². The van der Waals surface area contributed by atoms with Crippen LogP contribution in [0.15, 0.2) is 10.7 Å². The molecule has 3 heterocycles. The first kappa shape index (κ1) is 11.9. The van der Waals surface area contributed by atoms with E-state index in [1.165, 1.54) is 5.75 Å². The molecule has 18 heavy (non-hydrogen) atoms. The van der Waals surface area contributed by atoms with Crippen molar-refractivity contribution in [3.8, 4) is 11.5 Å². The molecule has 0 aliphatic carbocycles. The summed E-state index contributed by atoms with van der Waals surface area (Å²) in [6.07, 6.45) is 1.65. The smallest absolute Gasteiger partial charge is 0.263 e. The zero-order valence-corrected chi connectivity index (χ0v) is 11.5. The van der Waals surface area contributed by atoms with Crippen LogP contribution in [0.2, 0.25) is 0 Å². The van der Waals surface area contributed by atoms with Gasteiger partial charge in [-0.05, 0) is 0 Å². The second kappa shape index (κ2) is 4.85. The van der Waals surface area contributed by atoms with Crippen molar-refractivity contribution in [3.63, 3.8) is 0 Å². The molecule has 0 aromatic carbocycles. The summed E-state index contributed by atoms with van der Waals surface area (Å²) in [5.41, 5.74) is 6.58. The Hall–Kier alpha value is -1.15. The summed E-state index contributed by atoms with van der Waals surface area (Å²) in [4.78, 5) is 4.43. The number of nitrogens with two attached hydrogens (primary N) is 1. The molecule has 2 N–H and O–H groups in total. The van der Waals surface area contributed by atoms with Crippen LogP contribution >= 0.6 is 23.5 Å². The van der Waals surface area contributed by atoms with Gasteiger partial charge in [-0.15, -0.1) is 11.8 Å². The Labute approximate surface area is 113 Å². The normalized spacial score (nSPS) is 20.2. The maximum Gasteiger partial charge on any atom is 0.263 e. The summed E-state index contributed by atoms with van der Waals surface area (Å²) in [6, 6.07) is 0. The van der Waals surface area contributed by atoms with Crippen LogP contribution in [-0.4, -0.2) is 37.2 Å². The van der Waals surface area contributed by atoms with Crippen molar-refractivity contribution in [2.45, 2.75) is 5.25 Å². The predicted molar refractivity (Wildman–Crippen MR) is 73.4 cm³/mol. The predicted octanol–water partition coefficient (Wildman–Crippen LogP) is 1.57. The summed E-state index contributed by atoms with van der Waals surface area (Å²) in [5.74, 6) is 5.11. The first-order chi connectivity index (χ1) is 8.75. The van der Waals surface area contributed by atoms with Crippen molar-refractivity contribution in [2.24, 2.45) is 7.05 Å². The fraction of sp³-hybridized carbons (Fsp3) is 0.500. The number of nitrogen functional groups attached to an aromatic ring is 1. The molecule has 1 aliphatic heterocycles. The fourth-order valence-electron chi connectivity index (χ4n) is 1.72. The Morgan fingerprint density at radius 3 is 3.06 bits per heavy atom. The lowest BCUT2D eigenvalue weighted by atomic mass is 10.3. The Morgan fingerprint density at radius 2 is 2.39 bits per heavy atom. The van der Waals surface area contributed by atoms with Crippen molar-refractivity contribution >= 4 is 29.3 Å². The molecule has 1 aliphatic rings. The van der Waals surface area contributed by atoms with Gasteiger partial charge in [0.05, 0.1) is 11.4 Å². The van der Waals surface area contributed by atoms with Gasteiger partial charge in [0.1, 0.15) is 11.4 Å². The Bertz CT molecular complexity index is 546. The van der Waals surface area contributed by atoms with Gasteiger partial charge in [0.25, 0.3) is 5.89 Å². The van der Waals surface area contributed by atoms with E-state index in [1.807, 2.05) is 23.5 Å². The van der Waals surface area contributed by atoms with Crippen LogP contribution in [0.25, 0.3) is 11.5 Å². The Morgan fingerprint density at radius 1 is 1.50 bits per heavy atom. The lowest BCUT2D eigenvalue weighted by molar-refractivity contribution is 0.423. The highest BCUT2D eigenvalue weighted by molar-refractivity contribution is 8.06. The number of anilines is 1.